The molecule has 1 atom stereocenters. The number of fused-ring (bicyclic) bond motifs is 1. The van der Waals surface area contributed by atoms with Crippen molar-refractivity contribution in [3.05, 3.63) is 114 Å². The van der Waals surface area contributed by atoms with Crippen molar-refractivity contribution in [1.29, 1.82) is 0 Å². The molecule has 2 heterocycles. The highest BCUT2D eigenvalue weighted by Gasteiger charge is 2.48. The van der Waals surface area contributed by atoms with Gasteiger partial charge in [-0.1, -0.05) is 91.3 Å². The van der Waals surface area contributed by atoms with Crippen molar-refractivity contribution in [2.24, 2.45) is 4.99 Å². The number of amidine groups is 1. The predicted molar refractivity (Wildman–Crippen MR) is 193 cm³/mol. The number of carboxylic acid groups (broad SMARTS) is 1. The number of benzene rings is 4. The second kappa shape index (κ2) is 15.6. The van der Waals surface area contributed by atoms with Crippen LogP contribution in [0.15, 0.2) is 102 Å². The van der Waals surface area contributed by atoms with Gasteiger partial charge >= 0.3 is 12.2 Å². The number of aliphatic imine (C=N–C) groups is 1. The summed E-state index contributed by atoms with van der Waals surface area (Å²) in [5.41, 5.74) is 5.65. The molecule has 0 bridgehead atoms. The fourth-order valence-corrected chi connectivity index (χ4v) is 7.18. The number of aromatic nitrogens is 4. The third kappa shape index (κ3) is 7.28. The molecule has 1 aromatic heterocycles. The second-order valence-electron chi connectivity index (χ2n) is 13.0. The standard InChI is InChI=1S/C40H40N6O6/c1-2-50-39-41-35-19-11-18-34(38(47)48)36(35)46(39,24-25-51-40(49)52-31-14-7-4-8-15-31)27-29-20-22-30(23-21-29)32-16-9-10-17-33(32)37-42-43-44-45(37)26-28-12-5-3-6-13-28/h3,5-6,9-13,16-23,31H,2,4,7-8,14-15,24-27H2,1H3. The van der Waals surface area contributed by atoms with Crippen molar-refractivity contribution in [2.75, 3.05) is 19.8 Å². The summed E-state index contributed by atoms with van der Waals surface area (Å²) in [7, 11) is 0. The summed E-state index contributed by atoms with van der Waals surface area (Å²) in [6.45, 7) is 3.05. The molecule has 0 radical (unpaired) electrons. The Morgan fingerprint density at radius 1 is 0.865 bits per heavy atom. The minimum absolute atomic E-state index is 0.000457. The zero-order chi connectivity index (χ0) is 35.9. The number of carboxylic acids is 1. The van der Waals surface area contributed by atoms with Crippen LogP contribution in [0.25, 0.3) is 22.5 Å². The molecule has 0 saturated heterocycles. The number of aromatic carboxylic acids is 1. The molecule has 0 amide bonds. The number of para-hydroxylation sites is 1. The average Bonchev–Trinajstić information content (AvgIpc) is 3.75. The summed E-state index contributed by atoms with van der Waals surface area (Å²) >= 11 is 0. The molecule has 1 unspecified atom stereocenters. The van der Waals surface area contributed by atoms with Crippen molar-refractivity contribution in [2.45, 2.75) is 58.2 Å². The monoisotopic (exact) mass is 700 g/mol. The minimum atomic E-state index is -1.33. The van der Waals surface area contributed by atoms with E-state index >= 15 is 0 Å². The Kier molecular flexibility index (Phi) is 10.3. The zero-order valence-corrected chi connectivity index (χ0v) is 29.0. The number of hydrogen-bond donors (Lipinski definition) is 0. The number of quaternary nitrogens is 1. The fourth-order valence-electron chi connectivity index (χ4n) is 7.18. The molecule has 2 aliphatic rings. The summed E-state index contributed by atoms with van der Waals surface area (Å²) in [6, 6.07) is 31.3. The lowest BCUT2D eigenvalue weighted by molar-refractivity contribution is -0.255. The zero-order valence-electron chi connectivity index (χ0n) is 29.0. The van der Waals surface area contributed by atoms with E-state index in [-0.39, 0.29) is 35.8 Å². The summed E-state index contributed by atoms with van der Waals surface area (Å²) in [5, 5.41) is 25.1. The second-order valence-corrected chi connectivity index (χ2v) is 13.0. The maximum atomic E-state index is 12.7. The number of rotatable bonds is 12. The largest absolute Gasteiger partial charge is 0.545 e. The van der Waals surface area contributed by atoms with E-state index in [1.54, 1.807) is 16.8 Å². The van der Waals surface area contributed by atoms with Gasteiger partial charge in [0.05, 0.1) is 24.7 Å². The molecule has 266 valence electrons. The third-order valence-corrected chi connectivity index (χ3v) is 9.62. The number of carbonyl (C=O) groups is 2. The van der Waals surface area contributed by atoms with Gasteiger partial charge < -0.3 is 24.1 Å². The normalized spacial score (nSPS) is 16.9. The molecule has 7 rings (SSSR count). The first kappa shape index (κ1) is 34.6. The Hall–Kier alpha value is -5.88. The molecule has 0 N–H and O–H groups in total. The summed E-state index contributed by atoms with van der Waals surface area (Å²) in [4.78, 5) is 30.0. The highest BCUT2D eigenvalue weighted by Crippen LogP contribution is 2.45. The molecule has 12 heteroatoms. The average molecular weight is 701 g/mol. The number of nitrogens with zero attached hydrogens (tertiary/aromatic N) is 6. The maximum absolute atomic E-state index is 12.7. The van der Waals surface area contributed by atoms with Crippen molar-refractivity contribution < 1.29 is 28.9 Å². The molecule has 1 aliphatic carbocycles. The lowest BCUT2D eigenvalue weighted by Crippen LogP contribution is -2.55. The Bertz CT molecular complexity index is 2060. The number of ether oxygens (including phenoxy) is 3. The molecular weight excluding hydrogens is 660 g/mol. The topological polar surface area (TPSA) is 141 Å². The molecule has 0 spiro atoms. The molecule has 1 fully saturated rings. The van der Waals surface area contributed by atoms with Gasteiger partial charge in [-0.3, -0.25) is 0 Å². The van der Waals surface area contributed by atoms with Gasteiger partial charge in [0.2, 0.25) is 0 Å². The molecule has 12 nitrogen and oxygen atoms in total. The van der Waals surface area contributed by atoms with E-state index in [1.807, 2.05) is 85.8 Å². The van der Waals surface area contributed by atoms with Crippen molar-refractivity contribution in [3.8, 4) is 22.5 Å². The maximum Gasteiger partial charge on any atom is 0.508 e. The minimum Gasteiger partial charge on any atom is -0.545 e. The highest BCUT2D eigenvalue weighted by molar-refractivity contribution is 6.06. The number of carbonyl (C=O) groups excluding carboxylic acids is 2. The van der Waals surface area contributed by atoms with Crippen LogP contribution < -0.4 is 9.59 Å². The SMILES string of the molecule is CCOC1=Nc2cccc(C(=O)[O-])c2[N+]1(CCOC(=O)OC1CCCCC1)Cc1ccc(-c2ccccc2-c2nnnn2Cc2ccccc2)cc1. The molecule has 4 aromatic carbocycles. The Morgan fingerprint density at radius 2 is 1.62 bits per heavy atom. The van der Waals surface area contributed by atoms with Gasteiger partial charge in [0.1, 0.15) is 31.5 Å². The Labute approximate surface area is 301 Å². The molecule has 1 saturated carbocycles. The van der Waals surface area contributed by atoms with E-state index in [4.69, 9.17) is 19.2 Å². The van der Waals surface area contributed by atoms with E-state index in [1.165, 1.54) is 6.07 Å². The quantitative estimate of drug-likeness (QED) is 0.106. The van der Waals surface area contributed by atoms with Gasteiger partial charge in [-0.2, -0.15) is 4.99 Å². The molecule has 5 aromatic rings. The van der Waals surface area contributed by atoms with Crippen molar-refractivity contribution in [1.82, 2.24) is 24.7 Å². The van der Waals surface area contributed by atoms with E-state index in [9.17, 15) is 14.7 Å². The smallest absolute Gasteiger partial charge is 0.508 e. The number of tetrazole rings is 1. The van der Waals surface area contributed by atoms with Gasteiger partial charge in [-0.05, 0) is 71.9 Å². The van der Waals surface area contributed by atoms with Crippen LogP contribution in [0, 0.1) is 0 Å². The summed E-state index contributed by atoms with van der Waals surface area (Å²) in [5.74, 6) is -0.678. The highest BCUT2D eigenvalue weighted by atomic mass is 16.7. The van der Waals surface area contributed by atoms with Crippen LogP contribution in [-0.2, 0) is 27.3 Å². The Morgan fingerprint density at radius 3 is 2.37 bits per heavy atom. The van der Waals surface area contributed by atoms with E-state index in [0.29, 0.717) is 36.4 Å². The van der Waals surface area contributed by atoms with Crippen molar-refractivity contribution in [3.63, 3.8) is 0 Å². The van der Waals surface area contributed by atoms with Crippen LogP contribution in [0.3, 0.4) is 0 Å². The van der Waals surface area contributed by atoms with E-state index in [0.717, 1.165) is 59.9 Å². The van der Waals surface area contributed by atoms with E-state index < -0.39 is 12.1 Å². The van der Waals surface area contributed by atoms with Crippen LogP contribution in [-0.4, -0.2) is 64.2 Å². The Balaban J connectivity index is 1.18. The van der Waals surface area contributed by atoms with Crippen LogP contribution >= 0.6 is 0 Å². The van der Waals surface area contributed by atoms with Gasteiger partial charge in [-0.25, -0.2) is 14.0 Å². The van der Waals surface area contributed by atoms with Crippen LogP contribution in [0.5, 0.6) is 0 Å². The van der Waals surface area contributed by atoms with Gasteiger partial charge in [0, 0.05) is 11.1 Å². The fraction of sp³-hybridized carbons (Fsp3) is 0.300. The van der Waals surface area contributed by atoms with Gasteiger partial charge in [0.15, 0.2) is 11.5 Å². The molecular formula is C40H40N6O6. The van der Waals surface area contributed by atoms with Gasteiger partial charge in [-0.15, -0.1) is 5.10 Å². The first-order valence-corrected chi connectivity index (χ1v) is 17.7. The first-order chi connectivity index (χ1) is 25.4. The first-order valence-electron chi connectivity index (χ1n) is 17.7. The summed E-state index contributed by atoms with van der Waals surface area (Å²) in [6.07, 6.45) is 3.94. The third-order valence-electron chi connectivity index (χ3n) is 9.62. The predicted octanol–water partition coefficient (Wildman–Crippen LogP) is 6.45. The summed E-state index contributed by atoms with van der Waals surface area (Å²) < 4.78 is 19.0. The lowest BCUT2D eigenvalue weighted by Gasteiger charge is -2.34. The van der Waals surface area contributed by atoms with Crippen LogP contribution in [0.1, 0.15) is 60.5 Å². The molecule has 52 heavy (non-hydrogen) atoms. The van der Waals surface area contributed by atoms with E-state index in [2.05, 4.69) is 15.5 Å². The number of hydrogen-bond acceptors (Lipinski definition) is 10. The lowest BCUT2D eigenvalue weighted by atomic mass is 9.97. The van der Waals surface area contributed by atoms with Crippen LogP contribution in [0.2, 0.25) is 0 Å². The van der Waals surface area contributed by atoms with Gasteiger partial charge in [0.25, 0.3) is 0 Å². The van der Waals surface area contributed by atoms with Crippen LogP contribution in [0.4, 0.5) is 16.2 Å². The van der Waals surface area contributed by atoms with Crippen molar-refractivity contribution >= 4 is 29.5 Å². The molecule has 1 aliphatic heterocycles.